The van der Waals surface area contributed by atoms with Gasteiger partial charge in [-0.25, -0.2) is 4.39 Å². The fourth-order valence-corrected chi connectivity index (χ4v) is 2.42. The predicted molar refractivity (Wildman–Crippen MR) is 83.4 cm³/mol. The van der Waals surface area contributed by atoms with E-state index in [9.17, 15) is 4.39 Å². The van der Waals surface area contributed by atoms with Crippen molar-refractivity contribution in [3.8, 4) is 5.75 Å². The van der Waals surface area contributed by atoms with Crippen molar-refractivity contribution in [1.29, 1.82) is 0 Å². The quantitative estimate of drug-likeness (QED) is 0.810. The molecular weight excluding hydrogens is 289 g/mol. The van der Waals surface area contributed by atoms with Crippen LogP contribution < -0.4 is 4.74 Å². The molecule has 0 atom stereocenters. The maximum atomic E-state index is 14.3. The number of benzene rings is 1. The lowest BCUT2D eigenvalue weighted by molar-refractivity contribution is 0.298. The standard InChI is InChI=1S/C17H17ClFNO/c1-11-15(18)7-8-17(20(11)2)14-6-5-13(9-16(14)19)21-10-12-3-4-12/h5-9,12H,1,3-4,10H2,2H3. The van der Waals surface area contributed by atoms with Gasteiger partial charge in [0.05, 0.1) is 23.0 Å². The highest BCUT2D eigenvalue weighted by Crippen LogP contribution is 2.34. The predicted octanol–water partition coefficient (Wildman–Crippen LogP) is 4.54. The van der Waals surface area contributed by atoms with Crippen LogP contribution in [-0.4, -0.2) is 18.6 Å². The van der Waals surface area contributed by atoms with Crippen molar-refractivity contribution in [2.45, 2.75) is 12.8 Å². The van der Waals surface area contributed by atoms with Gasteiger partial charge >= 0.3 is 0 Å². The van der Waals surface area contributed by atoms with Crippen LogP contribution in [0.1, 0.15) is 18.4 Å². The zero-order valence-electron chi connectivity index (χ0n) is 11.9. The molecule has 1 aromatic rings. The summed E-state index contributed by atoms with van der Waals surface area (Å²) in [5.74, 6) is 0.922. The Labute approximate surface area is 129 Å². The van der Waals surface area contributed by atoms with Gasteiger partial charge in [0.25, 0.3) is 0 Å². The van der Waals surface area contributed by atoms with Crippen molar-refractivity contribution in [3.63, 3.8) is 0 Å². The van der Waals surface area contributed by atoms with E-state index in [0.29, 0.717) is 34.6 Å². The number of hydrogen-bond donors (Lipinski definition) is 0. The largest absolute Gasteiger partial charge is 0.493 e. The van der Waals surface area contributed by atoms with Crippen molar-refractivity contribution in [2.75, 3.05) is 13.7 Å². The number of rotatable bonds is 4. The number of allylic oxidation sites excluding steroid dienone is 3. The van der Waals surface area contributed by atoms with Gasteiger partial charge in [-0.2, -0.15) is 0 Å². The van der Waals surface area contributed by atoms with Crippen molar-refractivity contribution in [1.82, 2.24) is 4.90 Å². The van der Waals surface area contributed by atoms with E-state index in [4.69, 9.17) is 16.3 Å². The van der Waals surface area contributed by atoms with E-state index in [1.165, 1.54) is 18.9 Å². The van der Waals surface area contributed by atoms with Crippen molar-refractivity contribution in [3.05, 3.63) is 59.0 Å². The molecule has 1 saturated carbocycles. The molecule has 0 radical (unpaired) electrons. The van der Waals surface area contributed by atoms with E-state index in [0.717, 1.165) is 5.70 Å². The SMILES string of the molecule is C=C1C(Cl)=CC=C(c2ccc(OCC3CC3)cc2F)N1C. The number of likely N-dealkylation sites (N-methyl/N-ethyl adjacent to an activating group) is 1. The van der Waals surface area contributed by atoms with E-state index in [-0.39, 0.29) is 5.82 Å². The van der Waals surface area contributed by atoms with Crippen LogP contribution in [0.4, 0.5) is 4.39 Å². The number of nitrogens with zero attached hydrogens (tertiary/aromatic N) is 1. The molecule has 0 aromatic heterocycles. The summed E-state index contributed by atoms with van der Waals surface area (Å²) in [5.41, 5.74) is 1.90. The van der Waals surface area contributed by atoms with Crippen LogP contribution in [0.25, 0.3) is 5.70 Å². The fourth-order valence-electron chi connectivity index (χ4n) is 2.23. The average Bonchev–Trinajstić information content (AvgIpc) is 3.28. The molecule has 0 amide bonds. The van der Waals surface area contributed by atoms with Crippen LogP contribution in [0.15, 0.2) is 47.7 Å². The Morgan fingerprint density at radius 2 is 2.14 bits per heavy atom. The Bertz CT molecular complexity index is 646. The third kappa shape index (κ3) is 2.98. The summed E-state index contributed by atoms with van der Waals surface area (Å²) in [5, 5.41) is 0.561. The summed E-state index contributed by atoms with van der Waals surface area (Å²) >= 11 is 6.02. The molecule has 21 heavy (non-hydrogen) atoms. The van der Waals surface area contributed by atoms with E-state index in [2.05, 4.69) is 6.58 Å². The summed E-state index contributed by atoms with van der Waals surface area (Å²) in [7, 11) is 1.82. The van der Waals surface area contributed by atoms with Crippen molar-refractivity contribution < 1.29 is 9.13 Å². The topological polar surface area (TPSA) is 12.5 Å². The minimum Gasteiger partial charge on any atom is -0.493 e. The minimum absolute atomic E-state index is 0.305. The van der Waals surface area contributed by atoms with E-state index in [1.54, 1.807) is 29.2 Å². The number of ether oxygens (including phenoxy) is 1. The lowest BCUT2D eigenvalue weighted by Gasteiger charge is -2.27. The fraction of sp³-hybridized carbons (Fsp3) is 0.294. The lowest BCUT2D eigenvalue weighted by atomic mass is 10.1. The highest BCUT2D eigenvalue weighted by Gasteiger charge is 2.23. The summed E-state index contributed by atoms with van der Waals surface area (Å²) in [4.78, 5) is 1.78. The summed E-state index contributed by atoms with van der Waals surface area (Å²) in [6.45, 7) is 4.57. The van der Waals surface area contributed by atoms with Gasteiger partial charge in [0.1, 0.15) is 11.6 Å². The highest BCUT2D eigenvalue weighted by molar-refractivity contribution is 6.32. The molecule has 0 bridgehead atoms. The zero-order valence-corrected chi connectivity index (χ0v) is 12.7. The molecule has 0 unspecified atom stereocenters. The van der Waals surface area contributed by atoms with Gasteiger partial charge in [-0.05, 0) is 43.0 Å². The van der Waals surface area contributed by atoms with Crippen LogP contribution in [0.3, 0.4) is 0 Å². The molecule has 4 heteroatoms. The average molecular weight is 306 g/mol. The maximum absolute atomic E-state index is 14.3. The van der Waals surface area contributed by atoms with Gasteiger partial charge in [-0.3, -0.25) is 0 Å². The van der Waals surface area contributed by atoms with Gasteiger partial charge in [0, 0.05) is 18.7 Å². The first-order valence-electron chi connectivity index (χ1n) is 6.99. The van der Waals surface area contributed by atoms with Crippen LogP contribution in [-0.2, 0) is 0 Å². The Kier molecular flexibility index (Phi) is 3.77. The Morgan fingerprint density at radius 3 is 2.81 bits per heavy atom. The first kappa shape index (κ1) is 14.2. The minimum atomic E-state index is -0.305. The molecule has 1 aliphatic carbocycles. The second-order valence-corrected chi connectivity index (χ2v) is 5.88. The number of hydrogen-bond acceptors (Lipinski definition) is 2. The molecule has 3 rings (SSSR count). The molecule has 1 aromatic carbocycles. The monoisotopic (exact) mass is 305 g/mol. The summed E-state index contributed by atoms with van der Waals surface area (Å²) < 4.78 is 19.9. The smallest absolute Gasteiger partial charge is 0.136 e. The molecule has 110 valence electrons. The normalized spacial score (nSPS) is 18.4. The van der Waals surface area contributed by atoms with Crippen LogP contribution in [0.2, 0.25) is 0 Å². The van der Waals surface area contributed by atoms with E-state index >= 15 is 0 Å². The van der Waals surface area contributed by atoms with Crippen LogP contribution >= 0.6 is 11.6 Å². The van der Waals surface area contributed by atoms with Crippen molar-refractivity contribution >= 4 is 17.3 Å². The van der Waals surface area contributed by atoms with Gasteiger partial charge in [0.15, 0.2) is 0 Å². The first-order valence-corrected chi connectivity index (χ1v) is 7.37. The van der Waals surface area contributed by atoms with Crippen molar-refractivity contribution in [2.24, 2.45) is 5.92 Å². The van der Waals surface area contributed by atoms with E-state index < -0.39 is 0 Å². The molecule has 0 saturated heterocycles. The van der Waals surface area contributed by atoms with Gasteiger partial charge < -0.3 is 9.64 Å². The Morgan fingerprint density at radius 1 is 1.38 bits per heavy atom. The van der Waals surface area contributed by atoms with Gasteiger partial charge in [-0.15, -0.1) is 0 Å². The first-order chi connectivity index (χ1) is 10.1. The third-order valence-corrected chi connectivity index (χ3v) is 4.17. The lowest BCUT2D eigenvalue weighted by Crippen LogP contribution is -2.18. The van der Waals surface area contributed by atoms with Gasteiger partial charge in [-0.1, -0.05) is 18.2 Å². The van der Waals surface area contributed by atoms with Crippen LogP contribution in [0.5, 0.6) is 5.75 Å². The summed E-state index contributed by atoms with van der Waals surface area (Å²) in [6, 6.07) is 4.98. The van der Waals surface area contributed by atoms with E-state index in [1.807, 2.05) is 7.05 Å². The number of halogens is 2. The second kappa shape index (κ2) is 5.57. The highest BCUT2D eigenvalue weighted by atomic mass is 35.5. The van der Waals surface area contributed by atoms with Gasteiger partial charge in [0.2, 0.25) is 0 Å². The Balaban J connectivity index is 1.83. The molecule has 1 fully saturated rings. The summed E-state index contributed by atoms with van der Waals surface area (Å²) in [6.07, 6.45) is 5.96. The second-order valence-electron chi connectivity index (χ2n) is 5.47. The molecule has 2 nitrogen and oxygen atoms in total. The molecule has 2 aliphatic rings. The molecule has 0 N–H and O–H groups in total. The zero-order chi connectivity index (χ0) is 15.0. The Hall–Kier alpha value is -1.74. The van der Waals surface area contributed by atoms with Crippen LogP contribution in [0, 0.1) is 11.7 Å². The third-order valence-electron chi connectivity index (χ3n) is 3.83. The molecular formula is C17H17ClFNO. The molecule has 0 spiro atoms. The molecule has 1 heterocycles. The molecule has 1 aliphatic heterocycles. The maximum Gasteiger partial charge on any atom is 0.136 e.